The summed E-state index contributed by atoms with van der Waals surface area (Å²) in [6.45, 7) is 0. The molecule has 0 aliphatic heterocycles. The molecule has 1 aromatic heterocycles. The van der Waals surface area contributed by atoms with Crippen molar-refractivity contribution in [3.05, 3.63) is 235 Å². The third-order valence-corrected chi connectivity index (χ3v) is 12.7. The first-order chi connectivity index (χ1) is 27.3. The minimum atomic E-state index is -0.541. The Labute approximate surface area is 325 Å². The second kappa shape index (κ2) is 12.7. The van der Waals surface area contributed by atoms with E-state index in [4.69, 9.17) is 0 Å². The highest BCUT2D eigenvalue weighted by Gasteiger charge is 2.48. The van der Waals surface area contributed by atoms with E-state index in [0.29, 0.717) is 0 Å². The van der Waals surface area contributed by atoms with Crippen LogP contribution in [0.15, 0.2) is 212 Å². The number of nitrogens with zero attached hydrogens (tertiary/aromatic N) is 1. The van der Waals surface area contributed by atoms with Gasteiger partial charge < -0.3 is 4.90 Å². The van der Waals surface area contributed by atoms with Crippen LogP contribution in [0.1, 0.15) is 22.3 Å². The largest absolute Gasteiger partial charge is 0.310 e. The Balaban J connectivity index is 1.27. The quantitative estimate of drug-likeness (QED) is 0.166. The molecule has 0 atom stereocenters. The molecule has 0 spiro atoms. The Morgan fingerprint density at radius 1 is 0.400 bits per heavy atom. The third kappa shape index (κ3) is 4.85. The summed E-state index contributed by atoms with van der Waals surface area (Å²) in [5.41, 5.74) is 13.0. The molecule has 0 radical (unpaired) electrons. The van der Waals surface area contributed by atoms with Crippen molar-refractivity contribution in [2.75, 3.05) is 4.90 Å². The lowest BCUT2D eigenvalue weighted by molar-refractivity contribution is 0.775. The number of thiophene rings is 1. The van der Waals surface area contributed by atoms with Crippen molar-refractivity contribution in [2.24, 2.45) is 0 Å². The van der Waals surface area contributed by atoms with Crippen molar-refractivity contribution in [1.82, 2.24) is 0 Å². The highest BCUT2D eigenvalue weighted by atomic mass is 32.1. The summed E-state index contributed by atoms with van der Waals surface area (Å²) in [5, 5.41) is 5.06. The van der Waals surface area contributed by atoms with Gasteiger partial charge in [-0.05, 0) is 92.2 Å². The molecule has 11 rings (SSSR count). The van der Waals surface area contributed by atoms with Gasteiger partial charge in [0, 0.05) is 37.1 Å². The number of rotatable bonds is 6. The van der Waals surface area contributed by atoms with E-state index >= 15 is 0 Å². The van der Waals surface area contributed by atoms with Crippen LogP contribution in [0.4, 0.5) is 17.1 Å². The van der Waals surface area contributed by atoms with Crippen LogP contribution in [-0.2, 0) is 5.41 Å². The summed E-state index contributed by atoms with van der Waals surface area (Å²) in [7, 11) is 0. The molecule has 10 aromatic rings. The molecule has 2 heteroatoms. The summed E-state index contributed by atoms with van der Waals surface area (Å²) in [6, 6.07) is 78.4. The van der Waals surface area contributed by atoms with Crippen LogP contribution in [-0.4, -0.2) is 0 Å². The van der Waals surface area contributed by atoms with Crippen molar-refractivity contribution in [1.29, 1.82) is 0 Å². The van der Waals surface area contributed by atoms with E-state index < -0.39 is 5.41 Å². The number of fused-ring (bicyclic) bond motifs is 8. The molecule has 1 aliphatic rings. The van der Waals surface area contributed by atoms with Crippen molar-refractivity contribution < 1.29 is 0 Å². The van der Waals surface area contributed by atoms with Crippen molar-refractivity contribution in [3.63, 3.8) is 0 Å². The van der Waals surface area contributed by atoms with Gasteiger partial charge in [-0.3, -0.25) is 0 Å². The molecule has 258 valence electrons. The first-order valence-corrected chi connectivity index (χ1v) is 19.7. The number of benzene rings is 9. The average Bonchev–Trinajstić information content (AvgIpc) is 3.79. The van der Waals surface area contributed by atoms with Gasteiger partial charge >= 0.3 is 0 Å². The zero-order valence-electron chi connectivity index (χ0n) is 30.1. The van der Waals surface area contributed by atoms with Gasteiger partial charge in [0.2, 0.25) is 0 Å². The fourth-order valence-electron chi connectivity index (χ4n) is 9.19. The van der Waals surface area contributed by atoms with E-state index in [1.165, 1.54) is 81.1 Å². The van der Waals surface area contributed by atoms with Crippen LogP contribution in [0.5, 0.6) is 0 Å². The van der Waals surface area contributed by atoms with Crippen LogP contribution < -0.4 is 4.90 Å². The molecule has 0 amide bonds. The van der Waals surface area contributed by atoms with E-state index in [9.17, 15) is 0 Å². The minimum absolute atomic E-state index is 0.541. The molecule has 0 fully saturated rings. The molecule has 0 unspecified atom stereocenters. The summed E-state index contributed by atoms with van der Waals surface area (Å²) < 4.78 is 2.61. The van der Waals surface area contributed by atoms with Gasteiger partial charge in [0.05, 0.1) is 11.1 Å². The van der Waals surface area contributed by atoms with Gasteiger partial charge in [0.1, 0.15) is 0 Å². The van der Waals surface area contributed by atoms with Crippen LogP contribution in [0.3, 0.4) is 0 Å². The van der Waals surface area contributed by atoms with Crippen LogP contribution >= 0.6 is 11.3 Å². The van der Waals surface area contributed by atoms with Crippen molar-refractivity contribution >= 4 is 59.3 Å². The van der Waals surface area contributed by atoms with Crippen LogP contribution in [0.25, 0.3) is 53.2 Å². The lowest BCUT2D eigenvalue weighted by atomic mass is 9.66. The summed E-state index contributed by atoms with van der Waals surface area (Å²) in [5.74, 6) is 0. The van der Waals surface area contributed by atoms with Gasteiger partial charge in [-0.25, -0.2) is 0 Å². The summed E-state index contributed by atoms with van der Waals surface area (Å²) >= 11 is 1.86. The highest BCUT2D eigenvalue weighted by molar-refractivity contribution is 7.25. The third-order valence-electron chi connectivity index (χ3n) is 11.5. The van der Waals surface area contributed by atoms with Crippen molar-refractivity contribution in [2.45, 2.75) is 5.41 Å². The molecular weight excluding hydrogens is 683 g/mol. The molecule has 0 bridgehead atoms. The Hall–Kier alpha value is -6.74. The van der Waals surface area contributed by atoms with E-state index in [2.05, 4.69) is 217 Å². The van der Waals surface area contributed by atoms with E-state index in [0.717, 1.165) is 11.4 Å². The molecular formula is C53H35NS. The van der Waals surface area contributed by atoms with Crippen molar-refractivity contribution in [3.8, 4) is 22.3 Å². The Morgan fingerprint density at radius 3 is 1.71 bits per heavy atom. The van der Waals surface area contributed by atoms with E-state index in [-0.39, 0.29) is 0 Å². The predicted octanol–water partition coefficient (Wildman–Crippen LogP) is 14.7. The fraction of sp³-hybridized carbons (Fsp3) is 0.0189. The molecule has 0 saturated heterocycles. The summed E-state index contributed by atoms with van der Waals surface area (Å²) in [4.78, 5) is 2.51. The first kappa shape index (κ1) is 31.8. The monoisotopic (exact) mass is 717 g/mol. The first-order valence-electron chi connectivity index (χ1n) is 18.9. The van der Waals surface area contributed by atoms with Gasteiger partial charge in [0.15, 0.2) is 0 Å². The van der Waals surface area contributed by atoms with Crippen LogP contribution in [0.2, 0.25) is 0 Å². The average molecular weight is 718 g/mol. The molecule has 0 N–H and O–H groups in total. The molecule has 9 aromatic carbocycles. The molecule has 1 heterocycles. The topological polar surface area (TPSA) is 3.24 Å². The van der Waals surface area contributed by atoms with Gasteiger partial charge in [-0.1, -0.05) is 170 Å². The Morgan fingerprint density at radius 2 is 0.964 bits per heavy atom. The standard InChI is InChI=1S/C53H35NS/c1-4-16-36(17-5-1)37-28-30-41(31-29-37)54(42-32-33-50-46(35-42)44-24-13-15-27-49(44)55-50)48-34-38-18-10-11-23-43(38)52-51(48)45-25-12-14-26-47(45)53(52,39-19-6-2-7-20-39)40-21-8-3-9-22-40/h1-35H. The predicted molar refractivity (Wildman–Crippen MR) is 234 cm³/mol. The van der Waals surface area contributed by atoms with E-state index in [1.807, 2.05) is 11.3 Å². The Bertz CT molecular complexity index is 2980. The number of anilines is 3. The maximum Gasteiger partial charge on any atom is 0.0720 e. The molecule has 1 nitrogen and oxygen atoms in total. The van der Waals surface area contributed by atoms with Crippen LogP contribution in [0, 0.1) is 0 Å². The highest BCUT2D eigenvalue weighted by Crippen LogP contribution is 2.61. The normalized spacial score (nSPS) is 12.9. The zero-order chi connectivity index (χ0) is 36.3. The maximum absolute atomic E-state index is 2.51. The maximum atomic E-state index is 2.51. The smallest absolute Gasteiger partial charge is 0.0720 e. The molecule has 55 heavy (non-hydrogen) atoms. The number of hydrogen-bond donors (Lipinski definition) is 0. The van der Waals surface area contributed by atoms with Gasteiger partial charge in [-0.15, -0.1) is 11.3 Å². The zero-order valence-corrected chi connectivity index (χ0v) is 30.9. The fourth-order valence-corrected chi connectivity index (χ4v) is 10.3. The Kier molecular flexibility index (Phi) is 7.33. The SMILES string of the molecule is c1ccc(-c2ccc(N(c3ccc4sc5ccccc5c4c3)c3cc4ccccc4c4c3-c3ccccc3C4(c3ccccc3)c3ccccc3)cc2)cc1. The second-order valence-electron chi connectivity index (χ2n) is 14.4. The minimum Gasteiger partial charge on any atom is -0.310 e. The number of hydrogen-bond acceptors (Lipinski definition) is 2. The molecule has 0 saturated carbocycles. The van der Waals surface area contributed by atoms with Gasteiger partial charge in [-0.2, -0.15) is 0 Å². The van der Waals surface area contributed by atoms with E-state index in [1.54, 1.807) is 0 Å². The summed E-state index contributed by atoms with van der Waals surface area (Å²) in [6.07, 6.45) is 0. The lowest BCUT2D eigenvalue weighted by Crippen LogP contribution is -2.29. The van der Waals surface area contributed by atoms with Gasteiger partial charge in [0.25, 0.3) is 0 Å². The lowest BCUT2D eigenvalue weighted by Gasteiger charge is -2.35. The second-order valence-corrected chi connectivity index (χ2v) is 15.5. The molecule has 1 aliphatic carbocycles.